The van der Waals surface area contributed by atoms with E-state index in [1.54, 1.807) is 11.8 Å². The summed E-state index contributed by atoms with van der Waals surface area (Å²) in [5.41, 5.74) is 0. The molecule has 0 aliphatic rings. The van der Waals surface area contributed by atoms with Gasteiger partial charge in [0.25, 0.3) is 0 Å². The Hall–Kier alpha value is -0.890. The number of nitroso groups, excluding NO2 is 1. The number of likely N-dealkylation sites (N-methyl/N-ethyl adjacent to an activating group) is 1. The van der Waals surface area contributed by atoms with Gasteiger partial charge < -0.3 is 14.6 Å². The minimum absolute atomic E-state index is 0.0385. The molecule has 1 rings (SSSR count). The molecule has 0 bridgehead atoms. The second kappa shape index (κ2) is 9.93. The molecule has 0 aromatic carbocycles. The average Bonchev–Trinajstić information content (AvgIpc) is 2.83. The van der Waals surface area contributed by atoms with Crippen LogP contribution in [0.3, 0.4) is 0 Å². The fourth-order valence-corrected chi connectivity index (χ4v) is 2.47. The first-order chi connectivity index (χ1) is 9.65. The topological polar surface area (TPSA) is 69.9 Å². The Kier molecular flexibility index (Phi) is 8.52. The van der Waals surface area contributed by atoms with Gasteiger partial charge in [-0.1, -0.05) is 5.18 Å². The summed E-state index contributed by atoms with van der Waals surface area (Å²) in [5, 5.41) is 9.10. The number of furan rings is 1. The molecule has 1 unspecified atom stereocenters. The van der Waals surface area contributed by atoms with E-state index in [1.807, 2.05) is 33.3 Å². The van der Waals surface area contributed by atoms with Crippen molar-refractivity contribution < 1.29 is 4.42 Å². The van der Waals surface area contributed by atoms with Crippen LogP contribution in [0.15, 0.2) is 21.7 Å². The summed E-state index contributed by atoms with van der Waals surface area (Å²) in [6.07, 6.45) is -0.0385. The minimum atomic E-state index is -0.0385. The van der Waals surface area contributed by atoms with E-state index < -0.39 is 0 Å². The number of rotatable bonds is 11. The quantitative estimate of drug-likeness (QED) is 0.366. The number of thioether (sulfide) groups is 1. The third-order valence-electron chi connectivity index (χ3n) is 2.68. The van der Waals surface area contributed by atoms with Crippen LogP contribution < -0.4 is 10.6 Å². The molecule has 0 radical (unpaired) electrons. The zero-order chi connectivity index (χ0) is 14.8. The lowest BCUT2D eigenvalue weighted by atomic mass is 10.4. The predicted molar refractivity (Wildman–Crippen MR) is 83.8 cm³/mol. The van der Waals surface area contributed by atoms with Crippen molar-refractivity contribution in [3.63, 3.8) is 0 Å². The van der Waals surface area contributed by atoms with Gasteiger partial charge >= 0.3 is 0 Å². The molecule has 0 saturated carbocycles. The van der Waals surface area contributed by atoms with E-state index >= 15 is 0 Å². The van der Waals surface area contributed by atoms with Crippen LogP contribution in [0.5, 0.6) is 0 Å². The molecule has 6 nitrogen and oxygen atoms in total. The molecule has 0 aliphatic heterocycles. The normalized spacial score (nSPS) is 12.8. The van der Waals surface area contributed by atoms with Gasteiger partial charge in [-0.05, 0) is 33.3 Å². The Bertz CT molecular complexity index is 384. The molecule has 1 aromatic rings. The van der Waals surface area contributed by atoms with Crippen molar-refractivity contribution in [2.75, 3.05) is 40.0 Å². The average molecular weight is 300 g/mol. The van der Waals surface area contributed by atoms with E-state index in [1.165, 1.54) is 0 Å². The predicted octanol–water partition coefficient (Wildman–Crippen LogP) is 1.48. The standard InChI is InChI=1S/C13H24N4O2S/c1-14-13(8-16-18)15-6-7-20-10-12-5-4-11(19-12)9-17(2)3/h4-5,13-15H,6-10H2,1-3H3. The first-order valence-electron chi connectivity index (χ1n) is 6.65. The molecule has 1 atom stereocenters. The second-order valence-corrected chi connectivity index (χ2v) is 5.87. The summed E-state index contributed by atoms with van der Waals surface area (Å²) in [7, 11) is 5.86. The molecule has 1 aromatic heterocycles. The van der Waals surface area contributed by atoms with E-state index in [2.05, 4.69) is 20.7 Å². The molecule has 0 saturated heterocycles. The van der Waals surface area contributed by atoms with E-state index in [0.29, 0.717) is 0 Å². The molecular weight excluding hydrogens is 276 g/mol. The van der Waals surface area contributed by atoms with E-state index in [9.17, 15) is 4.91 Å². The van der Waals surface area contributed by atoms with Crippen molar-refractivity contribution in [3.05, 3.63) is 28.6 Å². The van der Waals surface area contributed by atoms with E-state index in [-0.39, 0.29) is 12.7 Å². The highest BCUT2D eigenvalue weighted by Crippen LogP contribution is 2.15. The highest BCUT2D eigenvalue weighted by Gasteiger charge is 2.05. The Morgan fingerprint density at radius 1 is 1.40 bits per heavy atom. The number of hydrogen-bond acceptors (Lipinski definition) is 7. The Balaban J connectivity index is 2.14. The molecule has 20 heavy (non-hydrogen) atoms. The SMILES string of the molecule is CNC(CN=O)NCCSCc1ccc(CN(C)C)o1. The lowest BCUT2D eigenvalue weighted by Gasteiger charge is -2.13. The summed E-state index contributed by atoms with van der Waals surface area (Å²) < 4.78 is 5.73. The Morgan fingerprint density at radius 3 is 2.80 bits per heavy atom. The third-order valence-corrected chi connectivity index (χ3v) is 3.66. The molecule has 0 spiro atoms. The molecule has 1 heterocycles. The molecule has 0 amide bonds. The van der Waals surface area contributed by atoms with Gasteiger partial charge in [0.15, 0.2) is 0 Å². The van der Waals surface area contributed by atoms with Gasteiger partial charge in [-0.3, -0.25) is 5.32 Å². The van der Waals surface area contributed by atoms with Gasteiger partial charge in [0.1, 0.15) is 18.1 Å². The summed E-state index contributed by atoms with van der Waals surface area (Å²) >= 11 is 1.80. The van der Waals surface area contributed by atoms with Gasteiger partial charge in [0.05, 0.1) is 18.5 Å². The van der Waals surface area contributed by atoms with Crippen molar-refractivity contribution in [1.82, 2.24) is 15.5 Å². The Morgan fingerprint density at radius 2 is 2.15 bits per heavy atom. The van der Waals surface area contributed by atoms with Gasteiger partial charge in [-0.25, -0.2) is 0 Å². The van der Waals surface area contributed by atoms with Crippen LogP contribution >= 0.6 is 11.8 Å². The summed E-state index contributed by atoms with van der Waals surface area (Å²) in [4.78, 5) is 12.3. The van der Waals surface area contributed by atoms with Crippen LogP contribution in [0.4, 0.5) is 0 Å². The lowest BCUT2D eigenvalue weighted by molar-refractivity contribution is 0.344. The van der Waals surface area contributed by atoms with Gasteiger partial charge in [-0.2, -0.15) is 16.7 Å². The molecule has 7 heteroatoms. The fourth-order valence-electron chi connectivity index (χ4n) is 1.71. The molecular formula is C13H24N4O2S. The van der Waals surface area contributed by atoms with Crippen LogP contribution in [0.2, 0.25) is 0 Å². The summed E-state index contributed by atoms with van der Waals surface area (Å²) in [6.45, 7) is 1.90. The minimum Gasteiger partial charge on any atom is -0.464 e. The fraction of sp³-hybridized carbons (Fsp3) is 0.692. The van der Waals surface area contributed by atoms with Gasteiger partial charge in [0.2, 0.25) is 0 Å². The third kappa shape index (κ3) is 7.04. The first kappa shape index (κ1) is 17.2. The zero-order valence-corrected chi connectivity index (χ0v) is 13.2. The maximum absolute atomic E-state index is 10.2. The largest absolute Gasteiger partial charge is 0.464 e. The van der Waals surface area contributed by atoms with Gasteiger partial charge in [-0.15, -0.1) is 0 Å². The highest BCUT2D eigenvalue weighted by molar-refractivity contribution is 7.98. The zero-order valence-electron chi connectivity index (χ0n) is 12.4. The summed E-state index contributed by atoms with van der Waals surface area (Å²) in [6, 6.07) is 4.06. The van der Waals surface area contributed by atoms with E-state index in [4.69, 9.17) is 4.42 Å². The van der Waals surface area contributed by atoms with Crippen molar-refractivity contribution in [1.29, 1.82) is 0 Å². The number of nitrogens with zero attached hydrogens (tertiary/aromatic N) is 2. The number of hydrogen-bond donors (Lipinski definition) is 2. The molecule has 114 valence electrons. The monoisotopic (exact) mass is 300 g/mol. The van der Waals surface area contributed by atoms with Crippen LogP contribution in [0, 0.1) is 4.91 Å². The van der Waals surface area contributed by atoms with Crippen LogP contribution in [0.25, 0.3) is 0 Å². The van der Waals surface area contributed by atoms with Crippen LogP contribution in [-0.2, 0) is 12.3 Å². The summed E-state index contributed by atoms with van der Waals surface area (Å²) in [5.74, 6) is 3.83. The lowest BCUT2D eigenvalue weighted by Crippen LogP contribution is -2.43. The smallest absolute Gasteiger partial charge is 0.118 e. The van der Waals surface area contributed by atoms with Gasteiger partial charge in [0, 0.05) is 12.3 Å². The molecule has 2 N–H and O–H groups in total. The van der Waals surface area contributed by atoms with Crippen LogP contribution in [-0.4, -0.2) is 51.1 Å². The molecule has 0 aliphatic carbocycles. The first-order valence-corrected chi connectivity index (χ1v) is 7.81. The van der Waals surface area contributed by atoms with Crippen molar-refractivity contribution in [2.45, 2.75) is 18.5 Å². The maximum Gasteiger partial charge on any atom is 0.118 e. The maximum atomic E-state index is 10.2. The number of nitrogens with one attached hydrogen (secondary N) is 2. The van der Waals surface area contributed by atoms with E-state index in [0.717, 1.165) is 36.1 Å². The van der Waals surface area contributed by atoms with Crippen molar-refractivity contribution >= 4 is 11.8 Å². The second-order valence-electron chi connectivity index (χ2n) is 4.77. The van der Waals surface area contributed by atoms with Crippen LogP contribution in [0.1, 0.15) is 11.5 Å². The highest BCUT2D eigenvalue weighted by atomic mass is 32.2. The van der Waals surface area contributed by atoms with Crippen molar-refractivity contribution in [3.8, 4) is 0 Å². The van der Waals surface area contributed by atoms with Crippen molar-refractivity contribution in [2.24, 2.45) is 5.18 Å². The molecule has 0 fully saturated rings. The Labute approximate surface area is 124 Å².